The molecule has 1 unspecified atom stereocenters. The van der Waals surface area contributed by atoms with Gasteiger partial charge in [0, 0.05) is 6.54 Å². The second-order valence-corrected chi connectivity index (χ2v) is 5.62. The van der Waals surface area contributed by atoms with Gasteiger partial charge in [-0.3, -0.25) is 14.6 Å². The van der Waals surface area contributed by atoms with Gasteiger partial charge < -0.3 is 0 Å². The largest absolute Gasteiger partial charge is 0.282 e. The number of imide groups is 1. The predicted molar refractivity (Wildman–Crippen MR) is 91.0 cm³/mol. The number of nitrogens with zero attached hydrogens (tertiary/aromatic N) is 2. The molecular formula is C18H15ClN2O2. The van der Waals surface area contributed by atoms with Crippen LogP contribution in [0.5, 0.6) is 0 Å². The summed E-state index contributed by atoms with van der Waals surface area (Å²) >= 11 is 6.11. The standard InChI is InChI=1S/C18H15ClN2O2/c19-15-16(20-12-11-13-7-3-1-4-8-13)18(23)21(17(15)22)14-9-5-2-6-10-14/h1-10,15H,11-12H2. The highest BCUT2D eigenvalue weighted by Crippen LogP contribution is 2.24. The van der Waals surface area contributed by atoms with Crippen molar-refractivity contribution in [3.8, 4) is 0 Å². The summed E-state index contributed by atoms with van der Waals surface area (Å²) in [5.41, 5.74) is 1.76. The van der Waals surface area contributed by atoms with Gasteiger partial charge in [0.1, 0.15) is 5.71 Å². The number of hydrogen-bond donors (Lipinski definition) is 0. The van der Waals surface area contributed by atoms with Crippen molar-refractivity contribution in [3.05, 3.63) is 66.2 Å². The maximum absolute atomic E-state index is 12.5. The predicted octanol–water partition coefficient (Wildman–Crippen LogP) is 2.85. The Balaban J connectivity index is 1.76. The first-order chi connectivity index (χ1) is 11.2. The molecule has 2 aromatic rings. The number of halogens is 1. The van der Waals surface area contributed by atoms with Crippen LogP contribution >= 0.6 is 11.6 Å². The van der Waals surface area contributed by atoms with Gasteiger partial charge in [-0.25, -0.2) is 4.90 Å². The van der Waals surface area contributed by atoms with Crippen molar-refractivity contribution in [2.75, 3.05) is 11.4 Å². The summed E-state index contributed by atoms with van der Waals surface area (Å²) in [5.74, 6) is -0.879. The van der Waals surface area contributed by atoms with Gasteiger partial charge in [0.2, 0.25) is 0 Å². The summed E-state index contributed by atoms with van der Waals surface area (Å²) < 4.78 is 0. The molecule has 0 radical (unpaired) electrons. The second-order valence-electron chi connectivity index (χ2n) is 5.18. The van der Waals surface area contributed by atoms with Crippen molar-refractivity contribution in [1.29, 1.82) is 0 Å². The summed E-state index contributed by atoms with van der Waals surface area (Å²) in [5, 5.41) is -1.02. The van der Waals surface area contributed by atoms with Crippen LogP contribution in [0.25, 0.3) is 0 Å². The van der Waals surface area contributed by atoms with Gasteiger partial charge in [0.05, 0.1) is 5.69 Å². The van der Waals surface area contributed by atoms with E-state index in [4.69, 9.17) is 11.6 Å². The van der Waals surface area contributed by atoms with E-state index in [0.29, 0.717) is 18.7 Å². The molecule has 1 saturated heterocycles. The lowest BCUT2D eigenvalue weighted by Crippen LogP contribution is -2.31. The van der Waals surface area contributed by atoms with E-state index in [-0.39, 0.29) is 5.71 Å². The molecule has 0 spiro atoms. The van der Waals surface area contributed by atoms with Crippen LogP contribution in [0.2, 0.25) is 0 Å². The summed E-state index contributed by atoms with van der Waals surface area (Å²) in [6, 6.07) is 18.6. The third-order valence-corrected chi connectivity index (χ3v) is 4.03. The molecule has 4 nitrogen and oxygen atoms in total. The minimum absolute atomic E-state index is 0.122. The molecule has 116 valence electrons. The number of carbonyl (C=O) groups is 2. The normalized spacial score (nSPS) is 19.6. The third kappa shape index (κ3) is 3.17. The quantitative estimate of drug-likeness (QED) is 0.641. The molecular weight excluding hydrogens is 312 g/mol. The fourth-order valence-electron chi connectivity index (χ4n) is 2.47. The Morgan fingerprint density at radius 2 is 1.57 bits per heavy atom. The number of carbonyl (C=O) groups excluding carboxylic acids is 2. The van der Waals surface area contributed by atoms with Crippen molar-refractivity contribution in [2.45, 2.75) is 11.8 Å². The lowest BCUT2D eigenvalue weighted by atomic mass is 10.1. The maximum Gasteiger partial charge on any atom is 0.281 e. The molecule has 0 bridgehead atoms. The van der Waals surface area contributed by atoms with Crippen LogP contribution in [-0.4, -0.2) is 29.4 Å². The van der Waals surface area contributed by atoms with Crippen LogP contribution < -0.4 is 4.90 Å². The average molecular weight is 327 g/mol. The molecule has 0 N–H and O–H groups in total. The minimum Gasteiger partial charge on any atom is -0.282 e. The fraction of sp³-hybridized carbons (Fsp3) is 0.167. The van der Waals surface area contributed by atoms with Crippen molar-refractivity contribution in [1.82, 2.24) is 0 Å². The van der Waals surface area contributed by atoms with E-state index in [2.05, 4.69) is 4.99 Å². The van der Waals surface area contributed by atoms with Gasteiger partial charge >= 0.3 is 0 Å². The smallest absolute Gasteiger partial charge is 0.281 e. The monoisotopic (exact) mass is 326 g/mol. The Morgan fingerprint density at radius 3 is 2.22 bits per heavy atom. The molecule has 1 aliphatic rings. The van der Waals surface area contributed by atoms with Crippen LogP contribution in [0.1, 0.15) is 5.56 Å². The van der Waals surface area contributed by atoms with Crippen molar-refractivity contribution >= 4 is 34.8 Å². The van der Waals surface area contributed by atoms with E-state index in [1.54, 1.807) is 24.3 Å². The lowest BCUT2D eigenvalue weighted by Gasteiger charge is -2.12. The van der Waals surface area contributed by atoms with Crippen LogP contribution in [0.4, 0.5) is 5.69 Å². The number of para-hydroxylation sites is 1. The van der Waals surface area contributed by atoms with Gasteiger partial charge in [-0.1, -0.05) is 48.5 Å². The van der Waals surface area contributed by atoms with Gasteiger partial charge in [0.15, 0.2) is 5.38 Å². The summed E-state index contributed by atoms with van der Waals surface area (Å²) in [6.07, 6.45) is 0.695. The molecule has 23 heavy (non-hydrogen) atoms. The maximum atomic E-state index is 12.5. The van der Waals surface area contributed by atoms with E-state index in [0.717, 1.165) is 10.5 Å². The van der Waals surface area contributed by atoms with Gasteiger partial charge in [-0.2, -0.15) is 0 Å². The van der Waals surface area contributed by atoms with Gasteiger partial charge in [-0.15, -0.1) is 11.6 Å². The van der Waals surface area contributed by atoms with Gasteiger partial charge in [-0.05, 0) is 24.1 Å². The number of rotatable bonds is 4. The number of benzene rings is 2. The topological polar surface area (TPSA) is 49.7 Å². The molecule has 1 heterocycles. The highest BCUT2D eigenvalue weighted by Gasteiger charge is 2.44. The molecule has 1 atom stereocenters. The first-order valence-corrected chi connectivity index (χ1v) is 7.78. The van der Waals surface area contributed by atoms with Gasteiger partial charge in [0.25, 0.3) is 11.8 Å². The van der Waals surface area contributed by atoms with E-state index in [1.807, 2.05) is 36.4 Å². The first kappa shape index (κ1) is 15.4. The van der Waals surface area contributed by atoms with Crippen LogP contribution in [-0.2, 0) is 16.0 Å². The zero-order valence-corrected chi connectivity index (χ0v) is 13.1. The second kappa shape index (κ2) is 6.75. The number of aliphatic imine (C=N–C) groups is 1. The molecule has 1 aliphatic heterocycles. The number of hydrogen-bond acceptors (Lipinski definition) is 3. The molecule has 3 rings (SSSR count). The summed E-state index contributed by atoms with van der Waals surface area (Å²) in [7, 11) is 0. The molecule has 2 amide bonds. The van der Waals surface area contributed by atoms with Crippen LogP contribution in [0.3, 0.4) is 0 Å². The Labute approximate surface area is 139 Å². The lowest BCUT2D eigenvalue weighted by molar-refractivity contribution is -0.120. The molecule has 5 heteroatoms. The van der Waals surface area contributed by atoms with E-state index in [9.17, 15) is 9.59 Å². The Bertz CT molecular complexity index is 744. The highest BCUT2D eigenvalue weighted by atomic mass is 35.5. The minimum atomic E-state index is -1.02. The molecule has 2 aromatic carbocycles. The fourth-order valence-corrected chi connectivity index (χ4v) is 2.73. The number of anilines is 1. The average Bonchev–Trinajstić information content (AvgIpc) is 2.80. The molecule has 0 saturated carbocycles. The third-order valence-electron chi connectivity index (χ3n) is 3.64. The number of amides is 2. The van der Waals surface area contributed by atoms with Crippen molar-refractivity contribution in [2.24, 2.45) is 4.99 Å². The zero-order chi connectivity index (χ0) is 16.2. The van der Waals surface area contributed by atoms with Crippen molar-refractivity contribution in [3.63, 3.8) is 0 Å². The summed E-state index contributed by atoms with van der Waals surface area (Å²) in [4.78, 5) is 30.1. The number of alkyl halides is 1. The molecule has 1 fully saturated rings. The van der Waals surface area contributed by atoms with E-state index in [1.165, 1.54) is 0 Å². The highest BCUT2D eigenvalue weighted by molar-refractivity contribution is 6.68. The van der Waals surface area contributed by atoms with E-state index >= 15 is 0 Å². The SMILES string of the molecule is O=C1C(=NCCc2ccccc2)C(Cl)C(=O)N1c1ccccc1. The Morgan fingerprint density at radius 1 is 0.957 bits per heavy atom. The molecule has 0 aromatic heterocycles. The van der Waals surface area contributed by atoms with Crippen LogP contribution in [0, 0.1) is 0 Å². The van der Waals surface area contributed by atoms with Crippen LogP contribution in [0.15, 0.2) is 65.7 Å². The summed E-state index contributed by atoms with van der Waals surface area (Å²) in [6.45, 7) is 0.421. The Hall–Kier alpha value is -2.46. The first-order valence-electron chi connectivity index (χ1n) is 7.34. The molecule has 0 aliphatic carbocycles. The Kier molecular flexibility index (Phi) is 4.53. The van der Waals surface area contributed by atoms with Crippen molar-refractivity contribution < 1.29 is 9.59 Å². The zero-order valence-electron chi connectivity index (χ0n) is 12.4. The van der Waals surface area contributed by atoms with E-state index < -0.39 is 17.2 Å².